The smallest absolute Gasteiger partial charge is 0.260 e. The van der Waals surface area contributed by atoms with Gasteiger partial charge in [-0.2, -0.15) is 0 Å². The first-order valence-corrected chi connectivity index (χ1v) is 9.61. The summed E-state index contributed by atoms with van der Waals surface area (Å²) in [6, 6.07) is 15.7. The third-order valence-corrected chi connectivity index (χ3v) is 5.46. The zero-order chi connectivity index (χ0) is 19.5. The third kappa shape index (κ3) is 4.16. The average Bonchev–Trinajstić information content (AvgIpc) is 3.54. The highest BCUT2D eigenvalue weighted by atomic mass is 19.1. The molecular formula is C22H23FN2O3. The lowest BCUT2D eigenvalue weighted by Gasteiger charge is -2.35. The standard InChI is InChI=1S/C22H23FN2O3/c23-17-8-6-16(7-9-17)19-14-20(19)22(27)25-12-10-24(11-13-25)21(26)15-28-18-4-2-1-3-5-18/h1-9,19-20H,10-15H2. The second kappa shape index (κ2) is 8.00. The van der Waals surface area contributed by atoms with Crippen molar-refractivity contribution in [3.8, 4) is 5.75 Å². The monoisotopic (exact) mass is 382 g/mol. The number of carbonyl (C=O) groups is 2. The SMILES string of the molecule is O=C(COc1ccccc1)N1CCN(C(=O)C2CC2c2ccc(F)cc2)CC1. The summed E-state index contributed by atoms with van der Waals surface area (Å²) in [5.41, 5.74) is 1.02. The molecule has 0 bridgehead atoms. The quantitative estimate of drug-likeness (QED) is 0.799. The number of carbonyl (C=O) groups excluding carboxylic acids is 2. The first kappa shape index (κ1) is 18.5. The molecule has 1 heterocycles. The summed E-state index contributed by atoms with van der Waals surface area (Å²) in [5.74, 6) is 0.657. The summed E-state index contributed by atoms with van der Waals surface area (Å²) in [7, 11) is 0. The molecule has 0 N–H and O–H groups in total. The van der Waals surface area contributed by atoms with E-state index in [1.54, 1.807) is 17.0 Å². The van der Waals surface area contributed by atoms with Gasteiger partial charge in [-0.15, -0.1) is 0 Å². The van der Waals surface area contributed by atoms with Crippen molar-refractivity contribution < 1.29 is 18.7 Å². The molecule has 0 radical (unpaired) electrons. The Morgan fingerprint density at radius 3 is 2.25 bits per heavy atom. The van der Waals surface area contributed by atoms with E-state index in [9.17, 15) is 14.0 Å². The van der Waals surface area contributed by atoms with Crippen LogP contribution in [-0.4, -0.2) is 54.4 Å². The van der Waals surface area contributed by atoms with Crippen molar-refractivity contribution in [2.75, 3.05) is 32.8 Å². The molecule has 1 aliphatic heterocycles. The van der Waals surface area contributed by atoms with E-state index in [1.807, 2.05) is 35.2 Å². The van der Waals surface area contributed by atoms with E-state index >= 15 is 0 Å². The van der Waals surface area contributed by atoms with Crippen LogP contribution in [0.25, 0.3) is 0 Å². The van der Waals surface area contributed by atoms with Gasteiger partial charge in [-0.1, -0.05) is 30.3 Å². The Morgan fingerprint density at radius 2 is 1.57 bits per heavy atom. The summed E-state index contributed by atoms with van der Waals surface area (Å²) in [5, 5.41) is 0. The fourth-order valence-corrected chi connectivity index (χ4v) is 3.71. The minimum atomic E-state index is -0.260. The molecule has 2 fully saturated rings. The molecule has 2 amide bonds. The molecule has 0 aromatic heterocycles. The van der Waals surface area contributed by atoms with E-state index < -0.39 is 0 Å². The van der Waals surface area contributed by atoms with Gasteiger partial charge in [-0.3, -0.25) is 9.59 Å². The molecule has 2 aliphatic rings. The topological polar surface area (TPSA) is 49.9 Å². The molecule has 5 nitrogen and oxygen atoms in total. The van der Waals surface area contributed by atoms with Gasteiger partial charge in [-0.05, 0) is 42.2 Å². The molecule has 2 atom stereocenters. The predicted molar refractivity (Wildman–Crippen MR) is 102 cm³/mol. The fourth-order valence-electron chi connectivity index (χ4n) is 3.71. The van der Waals surface area contributed by atoms with E-state index in [0.29, 0.717) is 31.9 Å². The van der Waals surface area contributed by atoms with E-state index in [1.165, 1.54) is 12.1 Å². The van der Waals surface area contributed by atoms with Crippen LogP contribution in [0.5, 0.6) is 5.75 Å². The third-order valence-electron chi connectivity index (χ3n) is 5.46. The van der Waals surface area contributed by atoms with Gasteiger partial charge in [0.15, 0.2) is 6.61 Å². The Labute approximate surface area is 163 Å². The minimum absolute atomic E-state index is 0.00717. The number of halogens is 1. The van der Waals surface area contributed by atoms with Gasteiger partial charge in [0, 0.05) is 32.1 Å². The fraction of sp³-hybridized carbons (Fsp3) is 0.364. The Morgan fingerprint density at radius 1 is 0.929 bits per heavy atom. The van der Waals surface area contributed by atoms with Crippen molar-refractivity contribution in [3.05, 3.63) is 66.0 Å². The normalized spacial score (nSPS) is 21.3. The number of amides is 2. The van der Waals surface area contributed by atoms with Crippen LogP contribution in [0, 0.1) is 11.7 Å². The molecular weight excluding hydrogens is 359 g/mol. The highest BCUT2D eigenvalue weighted by molar-refractivity contribution is 5.83. The highest BCUT2D eigenvalue weighted by Gasteiger charge is 2.46. The van der Waals surface area contributed by atoms with Crippen molar-refractivity contribution >= 4 is 11.8 Å². The number of piperazine rings is 1. The molecule has 1 saturated heterocycles. The Balaban J connectivity index is 1.23. The molecule has 1 aliphatic carbocycles. The number of rotatable bonds is 5. The van der Waals surface area contributed by atoms with Crippen molar-refractivity contribution in [3.63, 3.8) is 0 Å². The van der Waals surface area contributed by atoms with Gasteiger partial charge in [0.05, 0.1) is 0 Å². The summed E-state index contributed by atoms with van der Waals surface area (Å²) < 4.78 is 18.6. The maximum absolute atomic E-state index is 13.1. The molecule has 0 spiro atoms. The summed E-state index contributed by atoms with van der Waals surface area (Å²) in [6.07, 6.45) is 0.814. The van der Waals surface area contributed by atoms with Crippen LogP contribution in [-0.2, 0) is 9.59 Å². The summed E-state index contributed by atoms with van der Waals surface area (Å²) in [6.45, 7) is 2.14. The molecule has 1 saturated carbocycles. The first-order chi connectivity index (χ1) is 13.6. The number of hydrogen-bond acceptors (Lipinski definition) is 3. The van der Waals surface area contributed by atoms with E-state index in [2.05, 4.69) is 0 Å². The lowest BCUT2D eigenvalue weighted by atomic mass is 10.1. The second-order valence-corrected chi connectivity index (χ2v) is 7.31. The molecule has 2 unspecified atom stereocenters. The summed E-state index contributed by atoms with van der Waals surface area (Å²) in [4.78, 5) is 28.6. The van der Waals surface area contributed by atoms with Crippen LogP contribution >= 0.6 is 0 Å². The van der Waals surface area contributed by atoms with Crippen LogP contribution in [0.2, 0.25) is 0 Å². The number of ether oxygens (including phenoxy) is 1. The second-order valence-electron chi connectivity index (χ2n) is 7.31. The first-order valence-electron chi connectivity index (χ1n) is 9.61. The van der Waals surface area contributed by atoms with Crippen molar-refractivity contribution in [2.24, 2.45) is 5.92 Å². The average molecular weight is 382 g/mol. The van der Waals surface area contributed by atoms with Crippen LogP contribution in [0.15, 0.2) is 54.6 Å². The lowest BCUT2D eigenvalue weighted by Crippen LogP contribution is -2.52. The Kier molecular flexibility index (Phi) is 5.28. The van der Waals surface area contributed by atoms with Crippen molar-refractivity contribution in [2.45, 2.75) is 12.3 Å². The molecule has 6 heteroatoms. The van der Waals surface area contributed by atoms with Crippen LogP contribution < -0.4 is 4.74 Å². The predicted octanol–water partition coefficient (Wildman–Crippen LogP) is 2.68. The number of para-hydroxylation sites is 1. The van der Waals surface area contributed by atoms with Crippen LogP contribution in [0.3, 0.4) is 0 Å². The molecule has 28 heavy (non-hydrogen) atoms. The van der Waals surface area contributed by atoms with E-state index in [0.717, 1.165) is 12.0 Å². The maximum Gasteiger partial charge on any atom is 0.260 e. The van der Waals surface area contributed by atoms with Gasteiger partial charge in [0.25, 0.3) is 5.91 Å². The molecule has 2 aromatic rings. The number of nitrogens with zero attached hydrogens (tertiary/aromatic N) is 2. The van der Waals surface area contributed by atoms with Gasteiger partial charge < -0.3 is 14.5 Å². The zero-order valence-electron chi connectivity index (χ0n) is 15.6. The van der Waals surface area contributed by atoms with Crippen molar-refractivity contribution in [1.82, 2.24) is 9.80 Å². The largest absolute Gasteiger partial charge is 0.484 e. The van der Waals surface area contributed by atoms with E-state index in [4.69, 9.17) is 4.74 Å². The van der Waals surface area contributed by atoms with Crippen molar-refractivity contribution in [1.29, 1.82) is 0 Å². The van der Waals surface area contributed by atoms with E-state index in [-0.39, 0.29) is 36.1 Å². The maximum atomic E-state index is 13.1. The van der Waals surface area contributed by atoms with Gasteiger partial charge in [0.1, 0.15) is 11.6 Å². The van der Waals surface area contributed by atoms with Crippen LogP contribution in [0.4, 0.5) is 4.39 Å². The summed E-state index contributed by atoms with van der Waals surface area (Å²) >= 11 is 0. The molecule has 146 valence electrons. The minimum Gasteiger partial charge on any atom is -0.484 e. The Bertz CT molecular complexity index is 833. The zero-order valence-corrected chi connectivity index (χ0v) is 15.6. The number of benzene rings is 2. The molecule has 2 aromatic carbocycles. The highest BCUT2D eigenvalue weighted by Crippen LogP contribution is 2.48. The number of hydrogen-bond donors (Lipinski definition) is 0. The lowest BCUT2D eigenvalue weighted by molar-refractivity contribution is -0.141. The molecule has 4 rings (SSSR count). The van der Waals surface area contributed by atoms with Gasteiger partial charge in [-0.25, -0.2) is 4.39 Å². The Hall–Kier alpha value is -2.89. The van der Waals surface area contributed by atoms with Crippen LogP contribution in [0.1, 0.15) is 17.9 Å². The van der Waals surface area contributed by atoms with Gasteiger partial charge >= 0.3 is 0 Å². The van der Waals surface area contributed by atoms with Gasteiger partial charge in [0.2, 0.25) is 5.91 Å².